The van der Waals surface area contributed by atoms with Crippen LogP contribution in [0.25, 0.3) is 0 Å². The van der Waals surface area contributed by atoms with E-state index in [0.717, 1.165) is 41.1 Å². The summed E-state index contributed by atoms with van der Waals surface area (Å²) in [6, 6.07) is 6.21. The Morgan fingerprint density at radius 3 is 2.50 bits per heavy atom. The highest BCUT2D eigenvalue weighted by Crippen LogP contribution is 2.37. The molecule has 44 heavy (non-hydrogen) atoms. The van der Waals surface area contributed by atoms with E-state index in [1.165, 1.54) is 5.56 Å². The molecule has 236 valence electrons. The Morgan fingerprint density at radius 2 is 1.82 bits per heavy atom. The number of rotatable bonds is 5. The first-order valence-electron chi connectivity index (χ1n) is 14.9. The van der Waals surface area contributed by atoms with E-state index in [2.05, 4.69) is 46.5 Å². The minimum atomic E-state index is -1.14. The molecule has 10 nitrogen and oxygen atoms in total. The van der Waals surface area contributed by atoms with Gasteiger partial charge in [0.15, 0.2) is 5.82 Å². The van der Waals surface area contributed by atoms with Gasteiger partial charge in [-0.05, 0) is 66.2 Å². The van der Waals surface area contributed by atoms with Crippen molar-refractivity contribution >= 4 is 17.7 Å². The second-order valence-corrected chi connectivity index (χ2v) is 12.8. The van der Waals surface area contributed by atoms with Crippen molar-refractivity contribution in [2.24, 2.45) is 0 Å². The Kier molecular flexibility index (Phi) is 8.66. The highest BCUT2D eigenvalue weighted by molar-refractivity contribution is 5.97. The number of hydrogen-bond donors (Lipinski definition) is 1. The van der Waals surface area contributed by atoms with Crippen molar-refractivity contribution in [3.63, 3.8) is 0 Å². The fraction of sp³-hybridized carbons (Fsp3) is 0.500. The van der Waals surface area contributed by atoms with Crippen LogP contribution in [-0.4, -0.2) is 74.2 Å². The molecule has 1 aromatic heterocycles. The number of nitrogens with zero attached hydrogens (tertiary/aromatic N) is 5. The summed E-state index contributed by atoms with van der Waals surface area (Å²) in [5.41, 5.74) is 2.29. The van der Waals surface area contributed by atoms with Crippen molar-refractivity contribution < 1.29 is 27.8 Å². The standard InChI is InChI=1S/C32H40F2N6O4/c1-18-12-19(2)29-24(13-18)26(10-11-43-29)40-17-22(36-37-40)16-39-20(3)14-38(15-21(39)4)30(41)23-8-9-25(33)28(27(23)34)35-31(42)44-32(5,6)7/h8-9,12-13,17,20-21,26H,10-11,14-16H2,1-7H3,(H,35,42)/t20-,21+,26-/m0/s1. The maximum absolute atomic E-state index is 15.4. The SMILES string of the molecule is Cc1cc(C)c2c(c1)[C@@H](n1cc(CN3[C@H](C)CN(C(=O)c4ccc(F)c(NC(=O)OC(C)(C)C)c4F)C[C@@H]3C)nn1)CCO2. The quantitative estimate of drug-likeness (QED) is 0.400. The van der Waals surface area contributed by atoms with Crippen LogP contribution in [0.4, 0.5) is 19.3 Å². The van der Waals surface area contributed by atoms with Crippen LogP contribution in [0.2, 0.25) is 0 Å². The lowest BCUT2D eigenvalue weighted by Gasteiger charge is -2.44. The zero-order valence-corrected chi connectivity index (χ0v) is 26.3. The number of nitrogens with one attached hydrogen (secondary N) is 1. The van der Waals surface area contributed by atoms with E-state index >= 15 is 4.39 Å². The summed E-state index contributed by atoms with van der Waals surface area (Å²) in [6.45, 7) is 14.8. The van der Waals surface area contributed by atoms with Gasteiger partial charge in [-0.3, -0.25) is 15.0 Å². The maximum Gasteiger partial charge on any atom is 0.412 e. The molecule has 0 unspecified atom stereocenters. The lowest BCUT2D eigenvalue weighted by Crippen LogP contribution is -2.57. The predicted molar refractivity (Wildman–Crippen MR) is 161 cm³/mol. The molecular weight excluding hydrogens is 570 g/mol. The fourth-order valence-corrected chi connectivity index (χ4v) is 6.10. The molecule has 0 aliphatic carbocycles. The van der Waals surface area contributed by atoms with E-state index in [9.17, 15) is 14.0 Å². The number of carbonyl (C=O) groups excluding carboxylic acids is 2. The largest absolute Gasteiger partial charge is 0.493 e. The number of aromatic nitrogens is 3. The van der Waals surface area contributed by atoms with E-state index < -0.39 is 34.9 Å². The molecule has 0 bridgehead atoms. The van der Waals surface area contributed by atoms with Crippen molar-refractivity contribution in [1.29, 1.82) is 0 Å². The lowest BCUT2D eigenvalue weighted by atomic mass is 9.96. The number of anilines is 1. The molecule has 0 radical (unpaired) electrons. The zero-order chi connectivity index (χ0) is 31.9. The number of benzene rings is 2. The molecule has 1 fully saturated rings. The number of ether oxygens (including phenoxy) is 2. The third kappa shape index (κ3) is 6.54. The monoisotopic (exact) mass is 610 g/mol. The second kappa shape index (κ2) is 12.1. The summed E-state index contributed by atoms with van der Waals surface area (Å²) >= 11 is 0. The molecule has 5 rings (SSSR count). The van der Waals surface area contributed by atoms with Gasteiger partial charge in [-0.15, -0.1) is 5.10 Å². The average Bonchev–Trinajstić information content (AvgIpc) is 3.40. The topological polar surface area (TPSA) is 102 Å². The van der Waals surface area contributed by atoms with Crippen molar-refractivity contribution in [2.75, 3.05) is 25.0 Å². The molecule has 0 spiro atoms. The van der Waals surface area contributed by atoms with E-state index in [1.54, 1.807) is 25.7 Å². The fourth-order valence-electron chi connectivity index (χ4n) is 6.10. The molecule has 1 saturated heterocycles. The van der Waals surface area contributed by atoms with Crippen LogP contribution >= 0.6 is 0 Å². The Labute approximate surface area is 256 Å². The zero-order valence-electron chi connectivity index (χ0n) is 26.3. The smallest absolute Gasteiger partial charge is 0.412 e. The number of hydrogen-bond acceptors (Lipinski definition) is 7. The predicted octanol–water partition coefficient (Wildman–Crippen LogP) is 5.63. The second-order valence-electron chi connectivity index (χ2n) is 12.8. The summed E-state index contributed by atoms with van der Waals surface area (Å²) in [5, 5.41) is 11.0. The van der Waals surface area contributed by atoms with Crippen LogP contribution in [0, 0.1) is 25.5 Å². The van der Waals surface area contributed by atoms with Crippen LogP contribution in [0.15, 0.2) is 30.5 Å². The summed E-state index contributed by atoms with van der Waals surface area (Å²) in [6.07, 6.45) is 1.75. The molecule has 0 saturated carbocycles. The number of aryl methyl sites for hydroxylation is 2. The van der Waals surface area contributed by atoms with Crippen molar-refractivity contribution in [1.82, 2.24) is 24.8 Å². The molecule has 2 aliphatic heterocycles. The van der Waals surface area contributed by atoms with Gasteiger partial charge in [0.05, 0.1) is 30.1 Å². The van der Waals surface area contributed by atoms with E-state index in [0.29, 0.717) is 26.2 Å². The van der Waals surface area contributed by atoms with Gasteiger partial charge in [-0.25, -0.2) is 18.3 Å². The first-order valence-corrected chi connectivity index (χ1v) is 14.9. The lowest BCUT2D eigenvalue weighted by molar-refractivity contribution is 0.0261. The normalized spacial score (nSPS) is 20.6. The molecule has 3 atom stereocenters. The van der Waals surface area contributed by atoms with E-state index in [1.807, 2.05) is 24.7 Å². The van der Waals surface area contributed by atoms with Crippen LogP contribution in [0.3, 0.4) is 0 Å². The average molecular weight is 611 g/mol. The van der Waals surface area contributed by atoms with Crippen LogP contribution in [-0.2, 0) is 11.3 Å². The minimum absolute atomic E-state index is 0.0308. The molecule has 2 amide bonds. The molecule has 2 aromatic carbocycles. The highest BCUT2D eigenvalue weighted by Gasteiger charge is 2.35. The van der Waals surface area contributed by atoms with Gasteiger partial charge in [0.2, 0.25) is 0 Å². The first-order chi connectivity index (χ1) is 20.7. The molecule has 3 aromatic rings. The minimum Gasteiger partial charge on any atom is -0.493 e. The van der Waals surface area contributed by atoms with Gasteiger partial charge < -0.3 is 14.4 Å². The number of amides is 2. The number of fused-ring (bicyclic) bond motifs is 1. The Balaban J connectivity index is 1.27. The highest BCUT2D eigenvalue weighted by atomic mass is 19.1. The van der Waals surface area contributed by atoms with Crippen molar-refractivity contribution in [3.8, 4) is 5.75 Å². The molecule has 1 N–H and O–H groups in total. The first kappa shape index (κ1) is 31.4. The van der Waals surface area contributed by atoms with E-state index in [4.69, 9.17) is 9.47 Å². The number of halogens is 2. The van der Waals surface area contributed by atoms with Gasteiger partial charge in [-0.1, -0.05) is 22.9 Å². The van der Waals surface area contributed by atoms with Crippen LogP contribution in [0.1, 0.15) is 79.8 Å². The molecule has 12 heteroatoms. The number of piperazine rings is 1. The van der Waals surface area contributed by atoms with Crippen molar-refractivity contribution in [2.45, 2.75) is 85.2 Å². The number of carbonyl (C=O) groups is 2. The third-order valence-corrected chi connectivity index (χ3v) is 8.00. The Hall–Kier alpha value is -4.06. The van der Waals surface area contributed by atoms with Gasteiger partial charge >= 0.3 is 6.09 Å². The molecule has 2 aliphatic rings. The van der Waals surface area contributed by atoms with Gasteiger partial charge in [0, 0.05) is 43.7 Å². The summed E-state index contributed by atoms with van der Waals surface area (Å²) in [7, 11) is 0. The maximum atomic E-state index is 15.4. The summed E-state index contributed by atoms with van der Waals surface area (Å²) < 4.78 is 42.9. The Morgan fingerprint density at radius 1 is 1.11 bits per heavy atom. The van der Waals surface area contributed by atoms with Gasteiger partial charge in [0.1, 0.15) is 22.9 Å². The molecular formula is C32H40F2N6O4. The van der Waals surface area contributed by atoms with Gasteiger partial charge in [0.25, 0.3) is 5.91 Å². The van der Waals surface area contributed by atoms with E-state index in [-0.39, 0.29) is 23.7 Å². The van der Waals surface area contributed by atoms with Crippen LogP contribution in [0.5, 0.6) is 5.75 Å². The summed E-state index contributed by atoms with van der Waals surface area (Å²) in [5.74, 6) is -1.81. The van der Waals surface area contributed by atoms with Gasteiger partial charge in [-0.2, -0.15) is 0 Å². The van der Waals surface area contributed by atoms with Crippen LogP contribution < -0.4 is 10.1 Å². The third-order valence-electron chi connectivity index (χ3n) is 8.00. The molecule has 3 heterocycles. The van der Waals surface area contributed by atoms with Crippen molar-refractivity contribution in [3.05, 3.63) is 70.0 Å². The Bertz CT molecular complexity index is 1560. The summed E-state index contributed by atoms with van der Waals surface area (Å²) in [4.78, 5) is 29.4.